The molecule has 0 atom stereocenters. The maximum Gasteiger partial charge on any atom is 0.271 e. The summed E-state index contributed by atoms with van der Waals surface area (Å²) in [5.74, 6) is 0.612. The fourth-order valence-electron chi connectivity index (χ4n) is 2.52. The topological polar surface area (TPSA) is 63.9 Å². The molecule has 0 aromatic carbocycles. The van der Waals surface area contributed by atoms with Gasteiger partial charge in [0.2, 0.25) is 5.95 Å². The van der Waals surface area contributed by atoms with Crippen molar-refractivity contribution >= 4 is 27.7 Å². The highest BCUT2D eigenvalue weighted by molar-refractivity contribution is 7.13. The van der Waals surface area contributed by atoms with Crippen molar-refractivity contribution in [2.45, 2.75) is 13.0 Å². The molecule has 0 aliphatic carbocycles. The first-order chi connectivity index (χ1) is 11.8. The van der Waals surface area contributed by atoms with E-state index < -0.39 is 0 Å². The molecule has 0 bridgehead atoms. The number of aryl methyl sites for hydroxylation is 2. The van der Waals surface area contributed by atoms with Crippen molar-refractivity contribution in [1.29, 1.82) is 0 Å². The van der Waals surface area contributed by atoms with E-state index in [2.05, 4.69) is 15.0 Å². The minimum Gasteiger partial charge on any atom is -0.313 e. The second kappa shape index (κ2) is 6.37. The second-order valence-electron chi connectivity index (χ2n) is 5.38. The average molecular weight is 337 g/mol. The first-order valence-electron chi connectivity index (χ1n) is 7.68. The predicted molar refractivity (Wildman–Crippen MR) is 95.2 cm³/mol. The molecular weight excluding hydrogens is 322 g/mol. The molecule has 0 spiro atoms. The van der Waals surface area contributed by atoms with Crippen molar-refractivity contribution in [2.75, 3.05) is 11.4 Å². The third-order valence-electron chi connectivity index (χ3n) is 3.76. The Kier molecular flexibility index (Phi) is 3.92. The van der Waals surface area contributed by atoms with E-state index in [1.165, 1.54) is 11.5 Å². The van der Waals surface area contributed by atoms with Crippen molar-refractivity contribution in [2.24, 2.45) is 0 Å². The molecule has 0 fully saturated rings. The summed E-state index contributed by atoms with van der Waals surface area (Å²) in [4.78, 5) is 28.3. The van der Waals surface area contributed by atoms with E-state index in [0.29, 0.717) is 29.1 Å². The molecule has 0 saturated carbocycles. The highest BCUT2D eigenvalue weighted by Gasteiger charge is 2.13. The minimum atomic E-state index is -0.0356. The van der Waals surface area contributed by atoms with Gasteiger partial charge in [0.25, 0.3) is 5.56 Å². The van der Waals surface area contributed by atoms with Crippen LogP contribution in [0.2, 0.25) is 0 Å². The quantitative estimate of drug-likeness (QED) is 0.731. The molecule has 1 aliphatic rings. The summed E-state index contributed by atoms with van der Waals surface area (Å²) < 4.78 is 1.73. The van der Waals surface area contributed by atoms with Crippen LogP contribution in [-0.4, -0.2) is 25.5 Å². The molecule has 3 aromatic heterocycles. The molecule has 7 heteroatoms. The van der Waals surface area contributed by atoms with Crippen molar-refractivity contribution < 1.29 is 0 Å². The lowest BCUT2D eigenvalue weighted by Crippen LogP contribution is -2.20. The molecular formula is C17H15N5OS. The number of rotatable bonds is 4. The number of hydrogen-bond acceptors (Lipinski definition) is 6. The first-order valence-corrected chi connectivity index (χ1v) is 8.45. The van der Waals surface area contributed by atoms with Crippen molar-refractivity contribution in [3.8, 4) is 0 Å². The summed E-state index contributed by atoms with van der Waals surface area (Å²) >= 11 is 1.38. The molecule has 0 unspecified atom stereocenters. The molecule has 6 nitrogen and oxygen atoms in total. The molecule has 120 valence electrons. The van der Waals surface area contributed by atoms with Gasteiger partial charge >= 0.3 is 0 Å². The van der Waals surface area contributed by atoms with Gasteiger partial charge in [-0.1, -0.05) is 18.2 Å². The number of aromatic nitrogens is 4. The van der Waals surface area contributed by atoms with Crippen LogP contribution in [0.3, 0.4) is 0 Å². The zero-order chi connectivity index (χ0) is 16.4. The van der Waals surface area contributed by atoms with Gasteiger partial charge in [-0.3, -0.25) is 13.7 Å². The van der Waals surface area contributed by atoms with Crippen molar-refractivity contribution in [3.63, 3.8) is 0 Å². The lowest BCUT2D eigenvalue weighted by molar-refractivity contribution is 0.723. The zero-order valence-corrected chi connectivity index (χ0v) is 13.7. The molecule has 3 aromatic rings. The Morgan fingerprint density at radius 1 is 1.21 bits per heavy atom. The van der Waals surface area contributed by atoms with Gasteiger partial charge in [-0.15, -0.1) is 0 Å². The number of nitrogens with zero attached hydrogens (tertiary/aromatic N) is 5. The third-order valence-corrected chi connectivity index (χ3v) is 4.82. The van der Waals surface area contributed by atoms with Crippen LogP contribution in [0, 0.1) is 0 Å². The van der Waals surface area contributed by atoms with E-state index in [1.54, 1.807) is 16.4 Å². The highest BCUT2D eigenvalue weighted by atomic mass is 32.1. The molecule has 0 saturated heterocycles. The van der Waals surface area contributed by atoms with Gasteiger partial charge in [0, 0.05) is 43.8 Å². The number of allylic oxidation sites excluding steroid dienone is 2. The maximum absolute atomic E-state index is 12.5. The van der Waals surface area contributed by atoms with Crippen molar-refractivity contribution in [1.82, 2.24) is 18.9 Å². The van der Waals surface area contributed by atoms with Gasteiger partial charge in [0.1, 0.15) is 0 Å². The van der Waals surface area contributed by atoms with Gasteiger partial charge in [0.05, 0.1) is 5.39 Å². The molecule has 0 N–H and O–H groups in total. The van der Waals surface area contributed by atoms with Crippen LogP contribution in [0.1, 0.15) is 5.69 Å². The van der Waals surface area contributed by atoms with Gasteiger partial charge in [0.15, 0.2) is 4.83 Å². The largest absolute Gasteiger partial charge is 0.313 e. The van der Waals surface area contributed by atoms with Crippen LogP contribution in [0.25, 0.3) is 10.2 Å². The lowest BCUT2D eigenvalue weighted by Gasteiger charge is -2.17. The summed E-state index contributed by atoms with van der Waals surface area (Å²) in [6.45, 7) is 1.33. The van der Waals surface area contributed by atoms with Crippen LogP contribution in [0.5, 0.6) is 0 Å². The van der Waals surface area contributed by atoms with E-state index in [-0.39, 0.29) is 5.56 Å². The maximum atomic E-state index is 12.5. The van der Waals surface area contributed by atoms with Crippen LogP contribution in [0.15, 0.2) is 59.8 Å². The lowest BCUT2D eigenvalue weighted by atomic mass is 10.3. The average Bonchev–Trinajstić information content (AvgIpc) is 2.97. The molecule has 1 aliphatic heterocycles. The number of anilines is 1. The third kappa shape index (κ3) is 2.85. The van der Waals surface area contributed by atoms with Crippen LogP contribution in [0.4, 0.5) is 5.95 Å². The standard InChI is InChI=1S/C17H15N5OS/c23-16-14-12-19-17(21-9-4-1-5-10-21)20-15(14)24-22(16)11-7-13-6-2-3-8-18-13/h1-6,8-9,12H,7,10-11H2. The highest BCUT2D eigenvalue weighted by Crippen LogP contribution is 2.18. The smallest absolute Gasteiger partial charge is 0.271 e. The van der Waals surface area contributed by atoms with Gasteiger partial charge in [-0.2, -0.15) is 4.98 Å². The Bertz CT molecular complexity index is 974. The summed E-state index contributed by atoms with van der Waals surface area (Å²) in [7, 11) is 0. The Labute approximate surface area is 142 Å². The molecule has 0 radical (unpaired) electrons. The normalized spacial score (nSPS) is 13.8. The SMILES string of the molecule is O=c1c2cnc(N3C=CC=CC3)nc2sn1CCc1ccccn1. The number of fused-ring (bicyclic) bond motifs is 1. The summed E-state index contributed by atoms with van der Waals surface area (Å²) in [6, 6.07) is 5.80. The minimum absolute atomic E-state index is 0.0356. The van der Waals surface area contributed by atoms with E-state index in [0.717, 1.165) is 12.2 Å². The van der Waals surface area contributed by atoms with Gasteiger partial charge in [-0.25, -0.2) is 4.98 Å². The monoisotopic (exact) mass is 337 g/mol. The first kappa shape index (κ1) is 14.8. The summed E-state index contributed by atoms with van der Waals surface area (Å²) in [6.07, 6.45) is 12.0. The Balaban J connectivity index is 1.61. The van der Waals surface area contributed by atoms with E-state index in [9.17, 15) is 4.79 Å². The molecule has 0 amide bonds. The summed E-state index contributed by atoms with van der Waals surface area (Å²) in [5, 5.41) is 0.571. The molecule has 24 heavy (non-hydrogen) atoms. The van der Waals surface area contributed by atoms with Crippen LogP contribution >= 0.6 is 11.5 Å². The van der Waals surface area contributed by atoms with Gasteiger partial charge in [-0.05, 0) is 29.7 Å². The van der Waals surface area contributed by atoms with Gasteiger partial charge < -0.3 is 4.90 Å². The van der Waals surface area contributed by atoms with E-state index in [1.807, 2.05) is 47.5 Å². The number of hydrogen-bond donors (Lipinski definition) is 0. The molecule has 4 rings (SSSR count). The fourth-order valence-corrected chi connectivity index (χ4v) is 3.45. The second-order valence-corrected chi connectivity index (χ2v) is 6.39. The van der Waals surface area contributed by atoms with E-state index in [4.69, 9.17) is 0 Å². The number of pyridine rings is 1. The Morgan fingerprint density at radius 2 is 2.17 bits per heavy atom. The predicted octanol–water partition coefficient (Wildman–Crippen LogP) is 2.38. The van der Waals surface area contributed by atoms with Crippen LogP contribution in [-0.2, 0) is 13.0 Å². The fraction of sp³-hybridized carbons (Fsp3) is 0.176. The van der Waals surface area contributed by atoms with Crippen molar-refractivity contribution in [3.05, 3.63) is 71.1 Å². The Hall–Kier alpha value is -2.80. The van der Waals surface area contributed by atoms with Crippen LogP contribution < -0.4 is 10.5 Å². The summed E-state index contributed by atoms with van der Waals surface area (Å²) in [5.41, 5.74) is 0.936. The molecule has 4 heterocycles. The van der Waals surface area contributed by atoms with E-state index >= 15 is 0 Å². The Morgan fingerprint density at radius 3 is 2.96 bits per heavy atom. The zero-order valence-electron chi connectivity index (χ0n) is 12.9.